The third-order valence-corrected chi connectivity index (χ3v) is 2.68. The highest BCUT2D eigenvalue weighted by Gasteiger charge is 2.44. The Morgan fingerprint density at radius 3 is 2.33 bits per heavy atom. The normalized spacial score (nSPS) is 19.3. The van der Waals surface area contributed by atoms with Crippen molar-refractivity contribution in [2.45, 2.75) is 44.6 Å². The van der Waals surface area contributed by atoms with Crippen molar-refractivity contribution in [3.05, 3.63) is 0 Å². The highest BCUT2D eigenvalue weighted by molar-refractivity contribution is 7.96. The third-order valence-electron chi connectivity index (χ3n) is 2.59. The Kier molecular flexibility index (Phi) is 4.45. The largest absolute Gasteiger partial charge is 0.463 e. The van der Waals surface area contributed by atoms with Crippen molar-refractivity contribution >= 4 is 23.9 Å². The third kappa shape index (κ3) is 3.12. The molecule has 0 atom stereocenters. The molecule has 0 unspecified atom stereocenters. The Morgan fingerprint density at radius 2 is 1.87 bits per heavy atom. The minimum atomic E-state index is -1.08. The quantitative estimate of drug-likeness (QED) is 0.599. The molecule has 1 saturated carbocycles. The molecule has 1 aliphatic carbocycles. The van der Waals surface area contributed by atoms with Crippen LogP contribution in [0.3, 0.4) is 0 Å². The van der Waals surface area contributed by atoms with Crippen LogP contribution >= 0.6 is 12.6 Å². The lowest BCUT2D eigenvalue weighted by atomic mass is 9.84. The minimum Gasteiger partial charge on any atom is -0.463 e. The smallest absolute Gasteiger partial charge is 0.365 e. The molecule has 0 N–H and O–H groups in total. The van der Waals surface area contributed by atoms with E-state index < -0.39 is 16.9 Å². The standard InChI is InChI=1S/C10H16O4S/c1-2-13-8(11)10(14-9(12)15)6-4-3-5-7-10/h2-7H2,1H3,(H,12,15). The molecule has 0 radical (unpaired) electrons. The molecule has 1 rings (SSSR count). The van der Waals surface area contributed by atoms with Gasteiger partial charge in [-0.15, -0.1) is 0 Å². The molecule has 15 heavy (non-hydrogen) atoms. The van der Waals surface area contributed by atoms with Gasteiger partial charge in [-0.3, -0.25) is 0 Å². The van der Waals surface area contributed by atoms with Gasteiger partial charge in [-0.1, -0.05) is 19.0 Å². The number of thiol groups is 1. The lowest BCUT2D eigenvalue weighted by Gasteiger charge is -2.33. The molecule has 4 nitrogen and oxygen atoms in total. The molecule has 86 valence electrons. The Bertz CT molecular complexity index is 246. The highest BCUT2D eigenvalue weighted by Crippen LogP contribution is 2.33. The van der Waals surface area contributed by atoms with Crippen molar-refractivity contribution < 1.29 is 19.1 Å². The molecule has 0 bridgehead atoms. The second-order valence-corrected chi connectivity index (χ2v) is 4.01. The van der Waals surface area contributed by atoms with E-state index in [4.69, 9.17) is 9.47 Å². The highest BCUT2D eigenvalue weighted by atomic mass is 32.1. The van der Waals surface area contributed by atoms with Crippen molar-refractivity contribution in [1.29, 1.82) is 0 Å². The van der Waals surface area contributed by atoms with Crippen LogP contribution in [0.2, 0.25) is 0 Å². The van der Waals surface area contributed by atoms with Gasteiger partial charge in [0, 0.05) is 0 Å². The molecule has 0 aliphatic heterocycles. The van der Waals surface area contributed by atoms with Crippen LogP contribution in [0, 0.1) is 0 Å². The summed E-state index contributed by atoms with van der Waals surface area (Å²) in [5, 5.41) is -0.718. The summed E-state index contributed by atoms with van der Waals surface area (Å²) in [7, 11) is 0. The van der Waals surface area contributed by atoms with Gasteiger partial charge in [-0.2, -0.15) is 0 Å². The number of ether oxygens (including phenoxy) is 2. The van der Waals surface area contributed by atoms with Crippen molar-refractivity contribution in [3.63, 3.8) is 0 Å². The zero-order valence-electron chi connectivity index (χ0n) is 8.82. The summed E-state index contributed by atoms with van der Waals surface area (Å²) in [6, 6.07) is 0. The van der Waals surface area contributed by atoms with Crippen LogP contribution in [0.1, 0.15) is 39.0 Å². The fourth-order valence-electron chi connectivity index (χ4n) is 1.90. The first kappa shape index (κ1) is 12.4. The van der Waals surface area contributed by atoms with Gasteiger partial charge in [-0.25, -0.2) is 9.59 Å². The molecule has 0 aromatic rings. The second kappa shape index (κ2) is 5.39. The van der Waals surface area contributed by atoms with Gasteiger partial charge in [0.2, 0.25) is 5.60 Å². The van der Waals surface area contributed by atoms with E-state index in [0.717, 1.165) is 19.3 Å². The molecule has 0 aromatic heterocycles. The van der Waals surface area contributed by atoms with E-state index in [1.54, 1.807) is 6.92 Å². The average molecular weight is 232 g/mol. The number of esters is 1. The maximum Gasteiger partial charge on any atom is 0.365 e. The maximum atomic E-state index is 11.7. The molecule has 0 amide bonds. The number of carbonyl (C=O) groups is 2. The van der Waals surface area contributed by atoms with Gasteiger partial charge in [0.1, 0.15) is 0 Å². The second-order valence-electron chi connectivity index (χ2n) is 3.64. The number of rotatable bonds is 3. The SMILES string of the molecule is CCOC(=O)C1(OC(=O)S)CCCCC1. The van der Waals surface area contributed by atoms with E-state index in [-0.39, 0.29) is 0 Å². The summed E-state index contributed by atoms with van der Waals surface area (Å²) < 4.78 is 9.98. The van der Waals surface area contributed by atoms with Gasteiger partial charge >= 0.3 is 11.3 Å². The lowest BCUT2D eigenvalue weighted by Crippen LogP contribution is -2.45. The Balaban J connectivity index is 2.74. The summed E-state index contributed by atoms with van der Waals surface area (Å²) in [6.45, 7) is 2.03. The van der Waals surface area contributed by atoms with Crippen LogP contribution in [-0.2, 0) is 14.3 Å². The van der Waals surface area contributed by atoms with Crippen LogP contribution < -0.4 is 0 Å². The van der Waals surface area contributed by atoms with E-state index in [0.29, 0.717) is 19.4 Å². The first-order valence-corrected chi connectivity index (χ1v) is 5.64. The van der Waals surface area contributed by atoms with E-state index in [1.807, 2.05) is 0 Å². The summed E-state index contributed by atoms with van der Waals surface area (Å²) in [5.41, 5.74) is -1.08. The Labute approximate surface area is 94.7 Å². The fraction of sp³-hybridized carbons (Fsp3) is 0.800. The van der Waals surface area contributed by atoms with Gasteiger partial charge in [0.15, 0.2) is 0 Å². The first-order valence-electron chi connectivity index (χ1n) is 5.20. The molecule has 1 fully saturated rings. The van der Waals surface area contributed by atoms with Crippen molar-refractivity contribution in [2.24, 2.45) is 0 Å². The zero-order chi connectivity index (χ0) is 11.3. The summed E-state index contributed by atoms with van der Waals surface area (Å²) in [5.74, 6) is -0.438. The lowest BCUT2D eigenvalue weighted by molar-refractivity contribution is -0.167. The number of carbonyl (C=O) groups excluding carboxylic acids is 2. The molecular formula is C10H16O4S. The summed E-state index contributed by atoms with van der Waals surface area (Å²) in [4.78, 5) is 22.6. The topological polar surface area (TPSA) is 52.6 Å². The predicted molar refractivity (Wildman–Crippen MR) is 57.9 cm³/mol. The average Bonchev–Trinajstić information content (AvgIpc) is 2.18. The fourth-order valence-corrected chi connectivity index (χ4v) is 2.08. The Hall–Kier alpha value is -0.710. The van der Waals surface area contributed by atoms with Gasteiger partial charge in [0.25, 0.3) is 0 Å². The van der Waals surface area contributed by atoms with Crippen LogP contribution in [0.5, 0.6) is 0 Å². The molecular weight excluding hydrogens is 216 g/mol. The molecule has 0 saturated heterocycles. The van der Waals surface area contributed by atoms with E-state index >= 15 is 0 Å². The first-order chi connectivity index (χ1) is 7.10. The molecule has 5 heteroatoms. The summed E-state index contributed by atoms with van der Waals surface area (Å²) in [6.07, 6.45) is 3.89. The van der Waals surface area contributed by atoms with E-state index in [9.17, 15) is 9.59 Å². The summed E-state index contributed by atoms with van der Waals surface area (Å²) >= 11 is 3.56. The van der Waals surface area contributed by atoms with E-state index in [2.05, 4.69) is 12.6 Å². The Morgan fingerprint density at radius 1 is 1.27 bits per heavy atom. The van der Waals surface area contributed by atoms with Gasteiger partial charge in [0.05, 0.1) is 6.61 Å². The number of hydrogen-bond donors (Lipinski definition) is 1. The zero-order valence-corrected chi connectivity index (χ0v) is 9.72. The van der Waals surface area contributed by atoms with Crippen molar-refractivity contribution in [1.82, 2.24) is 0 Å². The van der Waals surface area contributed by atoms with Gasteiger partial charge in [-0.05, 0) is 32.6 Å². The molecule has 0 spiro atoms. The van der Waals surface area contributed by atoms with Crippen LogP contribution in [-0.4, -0.2) is 23.5 Å². The molecule has 0 heterocycles. The minimum absolute atomic E-state index is 0.296. The monoisotopic (exact) mass is 232 g/mol. The van der Waals surface area contributed by atoms with Crippen LogP contribution in [0.25, 0.3) is 0 Å². The van der Waals surface area contributed by atoms with Crippen molar-refractivity contribution in [2.75, 3.05) is 6.61 Å². The number of hydrogen-bond acceptors (Lipinski definition) is 4. The predicted octanol–water partition coefficient (Wildman–Crippen LogP) is 2.32. The van der Waals surface area contributed by atoms with Crippen molar-refractivity contribution in [3.8, 4) is 0 Å². The van der Waals surface area contributed by atoms with E-state index in [1.165, 1.54) is 0 Å². The molecule has 0 aromatic carbocycles. The van der Waals surface area contributed by atoms with Crippen LogP contribution in [0.4, 0.5) is 4.79 Å². The van der Waals surface area contributed by atoms with Crippen LogP contribution in [0.15, 0.2) is 0 Å². The van der Waals surface area contributed by atoms with Gasteiger partial charge < -0.3 is 9.47 Å². The molecule has 1 aliphatic rings. The maximum absolute atomic E-state index is 11.7.